The highest BCUT2D eigenvalue weighted by molar-refractivity contribution is 6.23. The van der Waals surface area contributed by atoms with Crippen LogP contribution in [0.4, 0.5) is 0 Å². The average Bonchev–Trinajstić information content (AvgIpc) is 2.27. The van der Waals surface area contributed by atoms with Gasteiger partial charge in [0.05, 0.1) is 5.36 Å². The van der Waals surface area contributed by atoms with Crippen LogP contribution in [0, 0.1) is 0 Å². The molecule has 0 amide bonds. The molecule has 1 atom stereocenters. The van der Waals surface area contributed by atoms with Crippen molar-refractivity contribution in [3.63, 3.8) is 0 Å². The monoisotopic (exact) mass is 151 g/mol. The fourth-order valence-corrected chi connectivity index (χ4v) is 1.31. The molecule has 1 aromatic rings. The summed E-state index contributed by atoms with van der Waals surface area (Å²) in [6.07, 6.45) is 1.94. The zero-order valence-corrected chi connectivity index (χ0v) is 6.05. The van der Waals surface area contributed by atoms with Crippen LogP contribution in [0.2, 0.25) is 0 Å². The lowest BCUT2D eigenvalue weighted by atomic mass is 10.3. The SMILES string of the molecule is ClC1C=c2ccccc2=N1. The molecule has 1 heterocycles. The van der Waals surface area contributed by atoms with E-state index in [1.165, 1.54) is 0 Å². The summed E-state index contributed by atoms with van der Waals surface area (Å²) in [6, 6.07) is 7.93. The fraction of sp³-hybridized carbons (Fsp3) is 0.125. The molecule has 1 aromatic carbocycles. The van der Waals surface area contributed by atoms with Gasteiger partial charge >= 0.3 is 0 Å². The van der Waals surface area contributed by atoms with E-state index in [-0.39, 0.29) is 5.50 Å². The Kier molecular flexibility index (Phi) is 1.24. The van der Waals surface area contributed by atoms with E-state index in [0.29, 0.717) is 0 Å². The van der Waals surface area contributed by atoms with Crippen LogP contribution in [0.3, 0.4) is 0 Å². The number of halogens is 1. The smallest absolute Gasteiger partial charge is 0.143 e. The normalized spacial score (nSPS) is 21.1. The highest BCUT2D eigenvalue weighted by Crippen LogP contribution is 1.99. The van der Waals surface area contributed by atoms with Crippen molar-refractivity contribution >= 4 is 17.7 Å². The van der Waals surface area contributed by atoms with E-state index in [2.05, 4.69) is 4.99 Å². The van der Waals surface area contributed by atoms with Gasteiger partial charge in [0, 0.05) is 0 Å². The van der Waals surface area contributed by atoms with Crippen LogP contribution in [0.5, 0.6) is 0 Å². The Morgan fingerprint density at radius 2 is 2.10 bits per heavy atom. The van der Waals surface area contributed by atoms with Crippen molar-refractivity contribution in [2.45, 2.75) is 5.50 Å². The van der Waals surface area contributed by atoms with Gasteiger partial charge in [-0.1, -0.05) is 29.8 Å². The number of nitrogens with zero attached hydrogens (tertiary/aromatic N) is 1. The van der Waals surface area contributed by atoms with Gasteiger partial charge < -0.3 is 0 Å². The molecule has 0 radical (unpaired) electrons. The standard InChI is InChI=1S/C8H6ClN/c9-8-5-6-3-1-2-4-7(6)10-8/h1-5,8H. The van der Waals surface area contributed by atoms with E-state index in [0.717, 1.165) is 10.6 Å². The number of para-hydroxylation sites is 1. The van der Waals surface area contributed by atoms with Crippen LogP contribution in [-0.2, 0) is 0 Å². The number of rotatable bonds is 0. The van der Waals surface area contributed by atoms with E-state index in [4.69, 9.17) is 11.6 Å². The predicted molar refractivity (Wildman–Crippen MR) is 41.3 cm³/mol. The van der Waals surface area contributed by atoms with Crippen molar-refractivity contribution in [2.75, 3.05) is 0 Å². The van der Waals surface area contributed by atoms with Gasteiger partial charge in [-0.05, 0) is 17.4 Å². The Balaban J connectivity index is 2.83. The minimum absolute atomic E-state index is 0.155. The van der Waals surface area contributed by atoms with Crippen molar-refractivity contribution in [1.82, 2.24) is 0 Å². The first-order valence-corrected chi connectivity index (χ1v) is 3.59. The Morgan fingerprint density at radius 3 is 2.90 bits per heavy atom. The van der Waals surface area contributed by atoms with Crippen molar-refractivity contribution in [2.24, 2.45) is 4.99 Å². The Hall–Kier alpha value is -0.820. The molecule has 0 saturated carbocycles. The van der Waals surface area contributed by atoms with Gasteiger partial charge in [0.1, 0.15) is 5.50 Å². The zero-order chi connectivity index (χ0) is 6.97. The molecule has 0 aromatic heterocycles. The second kappa shape index (κ2) is 2.10. The summed E-state index contributed by atoms with van der Waals surface area (Å²) < 4.78 is 0. The van der Waals surface area contributed by atoms with E-state index < -0.39 is 0 Å². The van der Waals surface area contributed by atoms with E-state index in [1.54, 1.807) is 0 Å². The minimum Gasteiger partial charge on any atom is -0.261 e. The third-order valence-corrected chi connectivity index (χ3v) is 1.74. The summed E-state index contributed by atoms with van der Waals surface area (Å²) in [7, 11) is 0. The second-order valence-corrected chi connectivity index (χ2v) is 2.67. The first-order chi connectivity index (χ1) is 4.86. The summed E-state index contributed by atoms with van der Waals surface area (Å²) in [5.74, 6) is 0. The van der Waals surface area contributed by atoms with Gasteiger partial charge in [-0.25, -0.2) is 0 Å². The Morgan fingerprint density at radius 1 is 1.30 bits per heavy atom. The third kappa shape index (κ3) is 0.830. The molecule has 1 aliphatic heterocycles. The van der Waals surface area contributed by atoms with Crippen LogP contribution < -0.4 is 10.6 Å². The summed E-state index contributed by atoms with van der Waals surface area (Å²) in [5.41, 5.74) is -0.155. The number of fused-ring (bicyclic) bond motifs is 1. The largest absolute Gasteiger partial charge is 0.261 e. The fourth-order valence-electron chi connectivity index (χ4n) is 1.06. The Bertz CT molecular complexity index is 321. The minimum atomic E-state index is -0.155. The Labute approximate surface area is 63.7 Å². The van der Waals surface area contributed by atoms with Gasteiger partial charge in [0.2, 0.25) is 0 Å². The number of alkyl halides is 1. The molecule has 2 rings (SSSR count). The van der Waals surface area contributed by atoms with E-state index in [1.807, 2.05) is 30.3 Å². The van der Waals surface area contributed by atoms with Gasteiger partial charge in [0.15, 0.2) is 0 Å². The maximum atomic E-state index is 5.76. The zero-order valence-electron chi connectivity index (χ0n) is 5.29. The van der Waals surface area contributed by atoms with Gasteiger partial charge in [-0.3, -0.25) is 4.99 Å². The molecule has 1 unspecified atom stereocenters. The van der Waals surface area contributed by atoms with Crippen molar-refractivity contribution < 1.29 is 0 Å². The lowest BCUT2D eigenvalue weighted by Gasteiger charge is -1.82. The lowest BCUT2D eigenvalue weighted by molar-refractivity contribution is 1.15. The third-order valence-electron chi connectivity index (χ3n) is 1.52. The summed E-state index contributed by atoms with van der Waals surface area (Å²) in [5, 5.41) is 2.14. The molecule has 0 aliphatic carbocycles. The highest BCUT2D eigenvalue weighted by Gasteiger charge is 2.01. The van der Waals surface area contributed by atoms with E-state index >= 15 is 0 Å². The molecule has 2 heteroatoms. The molecule has 0 saturated heterocycles. The number of hydrogen-bond acceptors (Lipinski definition) is 1. The molecule has 1 nitrogen and oxygen atoms in total. The van der Waals surface area contributed by atoms with E-state index in [9.17, 15) is 0 Å². The highest BCUT2D eigenvalue weighted by atomic mass is 35.5. The van der Waals surface area contributed by atoms with Crippen LogP contribution in [0.15, 0.2) is 29.3 Å². The van der Waals surface area contributed by atoms with Gasteiger partial charge in [-0.15, -0.1) is 0 Å². The summed E-state index contributed by atoms with van der Waals surface area (Å²) in [4.78, 5) is 4.16. The molecule has 0 fully saturated rings. The van der Waals surface area contributed by atoms with Gasteiger partial charge in [-0.2, -0.15) is 0 Å². The van der Waals surface area contributed by atoms with Crippen LogP contribution >= 0.6 is 11.6 Å². The molecule has 1 aliphatic rings. The van der Waals surface area contributed by atoms with Crippen LogP contribution in [-0.4, -0.2) is 5.50 Å². The molecule has 0 N–H and O–H groups in total. The first kappa shape index (κ1) is 5.93. The lowest BCUT2D eigenvalue weighted by Crippen LogP contribution is -2.19. The van der Waals surface area contributed by atoms with Crippen molar-refractivity contribution in [3.05, 3.63) is 34.8 Å². The maximum absolute atomic E-state index is 5.76. The van der Waals surface area contributed by atoms with Crippen molar-refractivity contribution in [1.29, 1.82) is 0 Å². The molecule has 50 valence electrons. The average molecular weight is 152 g/mol. The second-order valence-electron chi connectivity index (χ2n) is 2.23. The molecular formula is C8H6ClN. The van der Waals surface area contributed by atoms with Crippen LogP contribution in [0.25, 0.3) is 6.08 Å². The molecule has 10 heavy (non-hydrogen) atoms. The number of hydrogen-bond donors (Lipinski definition) is 0. The van der Waals surface area contributed by atoms with Crippen molar-refractivity contribution in [3.8, 4) is 0 Å². The predicted octanol–water partition coefficient (Wildman–Crippen LogP) is 0.665. The number of benzene rings is 1. The molecular weight excluding hydrogens is 146 g/mol. The quantitative estimate of drug-likeness (QED) is 0.382. The summed E-state index contributed by atoms with van der Waals surface area (Å²) in [6.45, 7) is 0. The first-order valence-electron chi connectivity index (χ1n) is 3.15. The molecule has 0 bridgehead atoms. The topological polar surface area (TPSA) is 12.4 Å². The van der Waals surface area contributed by atoms with Gasteiger partial charge in [0.25, 0.3) is 0 Å². The van der Waals surface area contributed by atoms with Crippen LogP contribution in [0.1, 0.15) is 0 Å². The maximum Gasteiger partial charge on any atom is 0.143 e. The summed E-state index contributed by atoms with van der Waals surface area (Å²) >= 11 is 5.76. The molecule has 0 spiro atoms.